The van der Waals surface area contributed by atoms with Crippen molar-refractivity contribution in [3.8, 4) is 22.8 Å². The lowest BCUT2D eigenvalue weighted by molar-refractivity contribution is -0.00269. The molecule has 248 valence electrons. The van der Waals surface area contributed by atoms with Crippen molar-refractivity contribution in [3.63, 3.8) is 0 Å². The largest absolute Gasteiger partial charge is 0.465 e. The van der Waals surface area contributed by atoms with Gasteiger partial charge in [0.1, 0.15) is 29.3 Å². The van der Waals surface area contributed by atoms with Crippen LogP contribution in [0.15, 0.2) is 60.9 Å². The lowest BCUT2D eigenvalue weighted by atomic mass is 9.73. The highest BCUT2D eigenvalue weighted by molar-refractivity contribution is 5.98. The molecule has 7 rings (SSSR count). The first-order valence-electron chi connectivity index (χ1n) is 17.0. The fourth-order valence-corrected chi connectivity index (χ4v) is 7.63. The van der Waals surface area contributed by atoms with Crippen LogP contribution in [0.2, 0.25) is 0 Å². The molecule has 0 unspecified atom stereocenters. The van der Waals surface area contributed by atoms with Gasteiger partial charge in [-0.05, 0) is 86.5 Å². The van der Waals surface area contributed by atoms with E-state index in [2.05, 4.69) is 38.3 Å². The summed E-state index contributed by atoms with van der Waals surface area (Å²) in [7, 11) is 0. The molecule has 0 atom stereocenters. The van der Waals surface area contributed by atoms with Crippen LogP contribution in [0.1, 0.15) is 45.6 Å². The maximum atomic E-state index is 11.2. The Kier molecular flexibility index (Phi) is 8.76. The van der Waals surface area contributed by atoms with Gasteiger partial charge >= 0.3 is 6.09 Å². The van der Waals surface area contributed by atoms with Crippen molar-refractivity contribution < 1.29 is 14.6 Å². The second-order valence-electron chi connectivity index (χ2n) is 14.3. The molecule has 0 spiro atoms. The van der Waals surface area contributed by atoms with Crippen LogP contribution in [0.3, 0.4) is 0 Å². The van der Waals surface area contributed by atoms with E-state index >= 15 is 0 Å². The maximum Gasteiger partial charge on any atom is 0.407 e. The molecule has 11 nitrogen and oxygen atoms in total. The number of likely N-dealkylation sites (tertiary alicyclic amines) is 3. The van der Waals surface area contributed by atoms with Gasteiger partial charge in [-0.2, -0.15) is 5.10 Å². The maximum absolute atomic E-state index is 11.2. The van der Waals surface area contributed by atoms with Gasteiger partial charge in [0.25, 0.3) is 0 Å². The number of hydrogen-bond donors (Lipinski definition) is 2. The highest BCUT2D eigenvalue weighted by atomic mass is 16.5. The SMILES string of the molecule is CC(C)(CN1CCC(CN2CCC(n3nc(-c4ccc(Oc5ccccc5)cc4)c4c(N)ncnc43)CC2)CC1)C1CN(C(=O)O)C1. The second kappa shape index (κ2) is 13.1. The van der Waals surface area contributed by atoms with E-state index in [9.17, 15) is 9.90 Å². The zero-order valence-electron chi connectivity index (χ0n) is 27.5. The van der Waals surface area contributed by atoms with Crippen LogP contribution in [0.4, 0.5) is 10.6 Å². The number of fused-ring (bicyclic) bond motifs is 1. The number of nitrogen functional groups attached to an aromatic ring is 1. The minimum Gasteiger partial charge on any atom is -0.465 e. The van der Waals surface area contributed by atoms with Gasteiger partial charge in [0.05, 0.1) is 11.4 Å². The number of carboxylic acid groups (broad SMARTS) is 1. The second-order valence-corrected chi connectivity index (χ2v) is 14.3. The van der Waals surface area contributed by atoms with Crippen molar-refractivity contribution >= 4 is 22.9 Å². The number of nitrogens with zero attached hydrogens (tertiary/aromatic N) is 7. The summed E-state index contributed by atoms with van der Waals surface area (Å²) in [6.07, 6.45) is 5.23. The molecule has 0 aliphatic carbocycles. The fraction of sp³-hybridized carbons (Fsp3) is 0.500. The monoisotopic (exact) mass is 638 g/mol. The topological polar surface area (TPSA) is 126 Å². The molecular formula is C36H46N8O3. The molecule has 11 heteroatoms. The predicted octanol–water partition coefficient (Wildman–Crippen LogP) is 5.85. The van der Waals surface area contributed by atoms with E-state index in [1.165, 1.54) is 24.1 Å². The molecule has 47 heavy (non-hydrogen) atoms. The van der Waals surface area contributed by atoms with Gasteiger partial charge in [-0.1, -0.05) is 32.0 Å². The van der Waals surface area contributed by atoms with Gasteiger partial charge in [0.2, 0.25) is 0 Å². The minimum absolute atomic E-state index is 0.132. The van der Waals surface area contributed by atoms with Gasteiger partial charge in [0, 0.05) is 50.7 Å². The molecule has 4 aromatic rings. The van der Waals surface area contributed by atoms with Crippen LogP contribution in [0.5, 0.6) is 11.5 Å². The molecule has 2 aromatic carbocycles. The zero-order chi connectivity index (χ0) is 32.5. The van der Waals surface area contributed by atoms with Crippen molar-refractivity contribution in [2.45, 2.75) is 45.6 Å². The van der Waals surface area contributed by atoms with E-state index in [1.807, 2.05) is 54.6 Å². The summed E-state index contributed by atoms with van der Waals surface area (Å²) in [6, 6.07) is 18.0. The number of ether oxygens (including phenoxy) is 1. The van der Waals surface area contributed by atoms with Crippen molar-refractivity contribution in [2.75, 3.05) is 58.1 Å². The van der Waals surface area contributed by atoms with Crippen LogP contribution in [0.25, 0.3) is 22.3 Å². The van der Waals surface area contributed by atoms with Gasteiger partial charge in [-0.15, -0.1) is 0 Å². The van der Waals surface area contributed by atoms with Crippen molar-refractivity contribution in [1.82, 2.24) is 34.4 Å². The molecule has 3 fully saturated rings. The molecule has 1 amide bonds. The van der Waals surface area contributed by atoms with Gasteiger partial charge in [0.15, 0.2) is 5.65 Å². The molecule has 3 saturated heterocycles. The third-order valence-electron chi connectivity index (χ3n) is 10.6. The summed E-state index contributed by atoms with van der Waals surface area (Å²) >= 11 is 0. The summed E-state index contributed by atoms with van der Waals surface area (Å²) in [5, 5.41) is 15.1. The molecule has 3 aliphatic heterocycles. The van der Waals surface area contributed by atoms with Gasteiger partial charge in [-0.3, -0.25) is 0 Å². The van der Waals surface area contributed by atoms with E-state index in [0.717, 1.165) is 91.8 Å². The number of rotatable bonds is 9. The number of amides is 1. The number of nitrogens with two attached hydrogens (primary N) is 1. The Labute approximate surface area is 276 Å². The molecule has 0 saturated carbocycles. The molecule has 0 radical (unpaired) electrons. The van der Waals surface area contributed by atoms with Crippen LogP contribution in [0, 0.1) is 17.3 Å². The molecule has 0 bridgehead atoms. The van der Waals surface area contributed by atoms with E-state index in [0.29, 0.717) is 24.8 Å². The minimum atomic E-state index is -0.792. The average molecular weight is 639 g/mol. The molecular weight excluding hydrogens is 592 g/mol. The Morgan fingerprint density at radius 3 is 2.26 bits per heavy atom. The normalized spacial score (nSPS) is 19.2. The highest BCUT2D eigenvalue weighted by Gasteiger charge is 2.42. The third-order valence-corrected chi connectivity index (χ3v) is 10.6. The first-order valence-corrected chi connectivity index (χ1v) is 17.0. The summed E-state index contributed by atoms with van der Waals surface area (Å²) in [5.41, 5.74) is 9.10. The molecule has 2 aromatic heterocycles. The lowest BCUT2D eigenvalue weighted by Crippen LogP contribution is -2.57. The Bertz CT molecular complexity index is 1670. The standard InChI is InChI=1S/C36H46N8O3/c1-36(2,27-21-43(22-27)35(45)46)23-42-16-12-25(13-17-42)20-41-18-14-28(15-19-41)44-34-31(33(37)38-24-39-34)32(40-44)26-8-10-30(11-9-26)47-29-6-4-3-5-7-29/h3-11,24-25,27-28H,12-23H2,1-2H3,(H,45,46)(H2,37,38,39). The first-order chi connectivity index (χ1) is 22.7. The summed E-state index contributed by atoms with van der Waals surface area (Å²) in [5.74, 6) is 3.17. The third kappa shape index (κ3) is 6.78. The van der Waals surface area contributed by atoms with Crippen LogP contribution in [-0.2, 0) is 0 Å². The number of piperidine rings is 2. The summed E-state index contributed by atoms with van der Waals surface area (Å²) < 4.78 is 8.08. The molecule has 3 N–H and O–H groups in total. The van der Waals surface area contributed by atoms with Gasteiger partial charge < -0.3 is 30.3 Å². The number of hydrogen-bond acceptors (Lipinski definition) is 8. The predicted molar refractivity (Wildman–Crippen MR) is 182 cm³/mol. The van der Waals surface area contributed by atoms with Crippen molar-refractivity contribution in [3.05, 3.63) is 60.9 Å². The molecule has 3 aliphatic rings. The van der Waals surface area contributed by atoms with Crippen LogP contribution >= 0.6 is 0 Å². The number of aromatic nitrogens is 4. The van der Waals surface area contributed by atoms with Crippen molar-refractivity contribution in [1.29, 1.82) is 0 Å². The van der Waals surface area contributed by atoms with E-state index < -0.39 is 6.09 Å². The highest BCUT2D eigenvalue weighted by Crippen LogP contribution is 2.37. The summed E-state index contributed by atoms with van der Waals surface area (Å²) in [4.78, 5) is 26.9. The Morgan fingerprint density at radius 1 is 0.915 bits per heavy atom. The fourth-order valence-electron chi connectivity index (χ4n) is 7.63. The quantitative estimate of drug-likeness (QED) is 0.232. The number of benzene rings is 2. The Hall–Kier alpha value is -4.22. The van der Waals surface area contributed by atoms with E-state index in [4.69, 9.17) is 15.6 Å². The Balaban J connectivity index is 0.940. The van der Waals surface area contributed by atoms with E-state index in [1.54, 1.807) is 0 Å². The zero-order valence-corrected chi connectivity index (χ0v) is 27.5. The summed E-state index contributed by atoms with van der Waals surface area (Å²) in [6.45, 7) is 12.5. The average Bonchev–Trinajstić information content (AvgIpc) is 3.43. The molecule has 5 heterocycles. The smallest absolute Gasteiger partial charge is 0.407 e. The van der Waals surface area contributed by atoms with Crippen LogP contribution < -0.4 is 10.5 Å². The van der Waals surface area contributed by atoms with Gasteiger partial charge in [-0.25, -0.2) is 19.4 Å². The first kappa shape index (κ1) is 31.4. The number of carbonyl (C=O) groups is 1. The number of para-hydroxylation sites is 1. The van der Waals surface area contributed by atoms with Crippen LogP contribution in [-0.4, -0.2) is 98.0 Å². The lowest BCUT2D eigenvalue weighted by Gasteiger charge is -2.49. The number of anilines is 1. The van der Waals surface area contributed by atoms with E-state index in [-0.39, 0.29) is 11.5 Å². The Morgan fingerprint density at radius 2 is 1.57 bits per heavy atom. The van der Waals surface area contributed by atoms with Crippen molar-refractivity contribution in [2.24, 2.45) is 17.3 Å².